The molecule has 0 spiro atoms. The van der Waals surface area contributed by atoms with Crippen molar-refractivity contribution in [2.24, 2.45) is 0 Å². The Balaban J connectivity index is 0.000000442. The highest BCUT2D eigenvalue weighted by Crippen LogP contribution is 2.12. The Hall–Kier alpha value is -1.38. The van der Waals surface area contributed by atoms with Crippen molar-refractivity contribution in [3.05, 3.63) is 23.5 Å². The lowest BCUT2D eigenvalue weighted by atomic mass is 10.2. The fourth-order valence-electron chi connectivity index (χ4n) is 1.12. The first-order valence-electron chi connectivity index (χ1n) is 5.55. The normalized spacial score (nSPS) is 8.67. The van der Waals surface area contributed by atoms with Crippen LogP contribution in [-0.4, -0.2) is 15.2 Å². The van der Waals surface area contributed by atoms with Crippen LogP contribution in [0.4, 0.5) is 0 Å². The standard InChI is InChI=1S/C8H9N3.2C2H6/c1-5-3-7-8(9-4-5)6(2)10-11-7;2*1-2/h3-4H,1-2H3,(H,10,11);2*1-2H3. The summed E-state index contributed by atoms with van der Waals surface area (Å²) in [6.45, 7) is 12.0. The van der Waals surface area contributed by atoms with Gasteiger partial charge in [-0.1, -0.05) is 27.7 Å². The molecule has 2 heterocycles. The fourth-order valence-corrected chi connectivity index (χ4v) is 1.12. The van der Waals surface area contributed by atoms with E-state index >= 15 is 0 Å². The van der Waals surface area contributed by atoms with Crippen molar-refractivity contribution in [3.8, 4) is 0 Å². The minimum Gasteiger partial charge on any atom is -0.280 e. The van der Waals surface area contributed by atoms with E-state index in [2.05, 4.69) is 15.2 Å². The summed E-state index contributed by atoms with van der Waals surface area (Å²) in [6.07, 6.45) is 1.85. The monoisotopic (exact) mass is 207 g/mol. The second-order valence-corrected chi connectivity index (χ2v) is 2.73. The van der Waals surface area contributed by atoms with Gasteiger partial charge in [0.05, 0.1) is 5.69 Å². The van der Waals surface area contributed by atoms with E-state index in [1.165, 1.54) is 0 Å². The van der Waals surface area contributed by atoms with E-state index in [1.54, 1.807) is 0 Å². The van der Waals surface area contributed by atoms with Gasteiger partial charge in [0, 0.05) is 6.20 Å². The van der Waals surface area contributed by atoms with E-state index in [4.69, 9.17) is 0 Å². The average Bonchev–Trinajstić information content (AvgIpc) is 2.65. The number of nitrogens with zero attached hydrogens (tertiary/aromatic N) is 2. The quantitative estimate of drug-likeness (QED) is 0.716. The highest BCUT2D eigenvalue weighted by molar-refractivity contribution is 5.76. The van der Waals surface area contributed by atoms with Gasteiger partial charge in [-0.3, -0.25) is 10.1 Å². The molecule has 2 rings (SSSR count). The van der Waals surface area contributed by atoms with Gasteiger partial charge >= 0.3 is 0 Å². The number of hydrogen-bond donors (Lipinski definition) is 1. The van der Waals surface area contributed by atoms with Crippen LogP contribution in [0.15, 0.2) is 12.3 Å². The topological polar surface area (TPSA) is 41.6 Å². The third-order valence-electron chi connectivity index (χ3n) is 1.70. The third-order valence-corrected chi connectivity index (χ3v) is 1.70. The molecule has 0 amide bonds. The molecule has 0 bridgehead atoms. The summed E-state index contributed by atoms with van der Waals surface area (Å²) in [6, 6.07) is 2.02. The minimum atomic E-state index is 0.947. The van der Waals surface area contributed by atoms with Gasteiger partial charge in [-0.15, -0.1) is 0 Å². The molecule has 0 aliphatic rings. The molecule has 0 radical (unpaired) electrons. The minimum absolute atomic E-state index is 0.947. The molecule has 2 aromatic heterocycles. The summed E-state index contributed by atoms with van der Waals surface area (Å²) in [4.78, 5) is 4.25. The first kappa shape index (κ1) is 13.6. The zero-order valence-electron chi connectivity index (χ0n) is 10.5. The Morgan fingerprint density at radius 3 is 2.27 bits per heavy atom. The summed E-state index contributed by atoms with van der Waals surface area (Å²) >= 11 is 0. The van der Waals surface area contributed by atoms with E-state index < -0.39 is 0 Å². The van der Waals surface area contributed by atoms with Gasteiger partial charge in [-0.2, -0.15) is 5.10 Å². The number of nitrogens with one attached hydrogen (secondary N) is 1. The molecule has 84 valence electrons. The number of aromatic nitrogens is 3. The fraction of sp³-hybridized carbons (Fsp3) is 0.500. The summed E-state index contributed by atoms with van der Waals surface area (Å²) < 4.78 is 0. The molecule has 2 aromatic rings. The number of fused-ring (bicyclic) bond motifs is 1. The van der Waals surface area contributed by atoms with Crippen LogP contribution in [-0.2, 0) is 0 Å². The van der Waals surface area contributed by atoms with Gasteiger partial charge < -0.3 is 0 Å². The van der Waals surface area contributed by atoms with E-state index in [-0.39, 0.29) is 0 Å². The Bertz CT molecular complexity index is 391. The lowest BCUT2D eigenvalue weighted by molar-refractivity contribution is 1.07. The van der Waals surface area contributed by atoms with Crippen molar-refractivity contribution in [1.82, 2.24) is 15.2 Å². The highest BCUT2D eigenvalue weighted by atomic mass is 15.1. The van der Waals surface area contributed by atoms with Crippen molar-refractivity contribution < 1.29 is 0 Å². The number of hydrogen-bond acceptors (Lipinski definition) is 2. The van der Waals surface area contributed by atoms with Gasteiger partial charge in [-0.25, -0.2) is 0 Å². The maximum atomic E-state index is 4.25. The van der Waals surface area contributed by atoms with E-state index in [1.807, 2.05) is 53.8 Å². The van der Waals surface area contributed by atoms with E-state index in [0.717, 1.165) is 22.3 Å². The summed E-state index contributed by atoms with van der Waals surface area (Å²) in [5.74, 6) is 0. The molecule has 0 aliphatic carbocycles. The SMILES string of the molecule is CC.CC.Cc1cnc2c(C)[nH]nc2c1. The molecule has 3 nitrogen and oxygen atoms in total. The van der Waals surface area contributed by atoms with E-state index in [0.29, 0.717) is 0 Å². The lowest BCUT2D eigenvalue weighted by Gasteiger charge is -1.89. The zero-order valence-corrected chi connectivity index (χ0v) is 10.5. The Morgan fingerprint density at radius 1 is 1.07 bits per heavy atom. The predicted octanol–water partition coefficient (Wildman–Crippen LogP) is 3.63. The Morgan fingerprint density at radius 2 is 1.67 bits per heavy atom. The molecular weight excluding hydrogens is 186 g/mol. The molecule has 0 aliphatic heterocycles. The van der Waals surface area contributed by atoms with E-state index in [9.17, 15) is 0 Å². The number of H-pyrrole nitrogens is 1. The van der Waals surface area contributed by atoms with Gasteiger partial charge in [0.1, 0.15) is 11.0 Å². The van der Waals surface area contributed by atoms with Crippen LogP contribution in [0.25, 0.3) is 11.0 Å². The van der Waals surface area contributed by atoms with Gasteiger partial charge in [0.2, 0.25) is 0 Å². The predicted molar refractivity (Wildman–Crippen MR) is 66.1 cm³/mol. The first-order chi connectivity index (χ1) is 7.27. The van der Waals surface area contributed by atoms with Crippen LogP contribution in [0.1, 0.15) is 39.0 Å². The summed E-state index contributed by atoms with van der Waals surface area (Å²) in [7, 11) is 0. The molecule has 0 atom stereocenters. The molecule has 15 heavy (non-hydrogen) atoms. The smallest absolute Gasteiger partial charge is 0.111 e. The third kappa shape index (κ3) is 3.35. The summed E-state index contributed by atoms with van der Waals surface area (Å²) in [5.41, 5.74) is 4.09. The van der Waals surface area contributed by atoms with Crippen molar-refractivity contribution >= 4 is 11.0 Å². The van der Waals surface area contributed by atoms with Crippen molar-refractivity contribution in [3.63, 3.8) is 0 Å². The van der Waals surface area contributed by atoms with Crippen LogP contribution in [0.3, 0.4) is 0 Å². The molecule has 0 saturated heterocycles. The highest BCUT2D eigenvalue weighted by Gasteiger charge is 2.00. The molecule has 3 heteroatoms. The zero-order chi connectivity index (χ0) is 11.8. The van der Waals surface area contributed by atoms with Crippen LogP contribution in [0, 0.1) is 13.8 Å². The molecule has 0 fully saturated rings. The van der Waals surface area contributed by atoms with Gasteiger partial charge in [-0.05, 0) is 25.5 Å². The molecule has 1 N–H and O–H groups in total. The van der Waals surface area contributed by atoms with Gasteiger partial charge in [0.25, 0.3) is 0 Å². The Labute approximate surface area is 91.9 Å². The summed E-state index contributed by atoms with van der Waals surface area (Å²) in [5, 5.41) is 6.98. The van der Waals surface area contributed by atoms with Crippen molar-refractivity contribution in [2.45, 2.75) is 41.5 Å². The number of pyridine rings is 1. The number of rotatable bonds is 0. The maximum Gasteiger partial charge on any atom is 0.111 e. The lowest BCUT2D eigenvalue weighted by Crippen LogP contribution is -1.78. The first-order valence-corrected chi connectivity index (χ1v) is 5.55. The second-order valence-electron chi connectivity index (χ2n) is 2.73. The van der Waals surface area contributed by atoms with Crippen molar-refractivity contribution in [2.75, 3.05) is 0 Å². The largest absolute Gasteiger partial charge is 0.280 e. The van der Waals surface area contributed by atoms with Crippen molar-refractivity contribution in [1.29, 1.82) is 0 Å². The average molecular weight is 207 g/mol. The number of aryl methyl sites for hydroxylation is 2. The van der Waals surface area contributed by atoms with Crippen LogP contribution >= 0.6 is 0 Å². The van der Waals surface area contributed by atoms with Gasteiger partial charge in [0.15, 0.2) is 0 Å². The maximum absolute atomic E-state index is 4.25. The number of aromatic amines is 1. The van der Waals surface area contributed by atoms with Crippen LogP contribution in [0.5, 0.6) is 0 Å². The molecule has 0 aromatic carbocycles. The molecule has 0 saturated carbocycles. The molecule has 0 unspecified atom stereocenters. The van der Waals surface area contributed by atoms with Crippen LogP contribution < -0.4 is 0 Å². The second kappa shape index (κ2) is 6.98. The van der Waals surface area contributed by atoms with Crippen LogP contribution in [0.2, 0.25) is 0 Å². The molecular formula is C12H21N3. The Kier molecular flexibility index (Phi) is 6.34.